The van der Waals surface area contributed by atoms with Crippen molar-refractivity contribution in [2.24, 2.45) is 0 Å². The number of hydrogen-bond acceptors (Lipinski definition) is 3. The van der Waals surface area contributed by atoms with Gasteiger partial charge in [-0.2, -0.15) is 17.0 Å². The molecule has 1 rings (SSSR count). The maximum atomic E-state index is 8.68. The summed E-state index contributed by atoms with van der Waals surface area (Å²) in [7, 11) is 0. The van der Waals surface area contributed by atoms with Crippen molar-refractivity contribution in [1.82, 2.24) is 4.98 Å². The third-order valence-corrected chi connectivity index (χ3v) is 3.21. The van der Waals surface area contributed by atoms with Gasteiger partial charge < -0.3 is 0 Å². The first-order valence-electron chi connectivity index (χ1n) is 5.29. The predicted octanol–water partition coefficient (Wildman–Crippen LogP) is 3.38. The highest BCUT2D eigenvalue weighted by atomic mass is 32.2. The van der Waals surface area contributed by atoms with Crippen molar-refractivity contribution in [2.45, 2.75) is 31.9 Å². The van der Waals surface area contributed by atoms with Crippen LogP contribution in [0.15, 0.2) is 18.3 Å². The second-order valence-electron chi connectivity index (χ2n) is 3.42. The average Bonchev–Trinajstić information content (AvgIpc) is 2.29. The zero-order valence-electron chi connectivity index (χ0n) is 9.07. The van der Waals surface area contributed by atoms with Crippen molar-refractivity contribution < 1.29 is 0 Å². The Bertz CT molecular complexity index is 331. The fraction of sp³-hybridized carbons (Fsp3) is 0.500. The number of nitriles is 1. The van der Waals surface area contributed by atoms with E-state index in [0.29, 0.717) is 5.69 Å². The highest BCUT2D eigenvalue weighted by Crippen LogP contribution is 2.14. The maximum absolute atomic E-state index is 8.68. The summed E-state index contributed by atoms with van der Waals surface area (Å²) < 4.78 is 0. The Labute approximate surface area is 95.7 Å². The van der Waals surface area contributed by atoms with Crippen LogP contribution in [0.4, 0.5) is 0 Å². The van der Waals surface area contributed by atoms with Crippen LogP contribution in [0.2, 0.25) is 0 Å². The summed E-state index contributed by atoms with van der Waals surface area (Å²) >= 11 is 1.93. The molecule has 0 atom stereocenters. The van der Waals surface area contributed by atoms with Gasteiger partial charge in [-0.3, -0.25) is 0 Å². The second-order valence-corrected chi connectivity index (χ2v) is 4.53. The minimum Gasteiger partial charge on any atom is -0.246 e. The molecule has 1 heterocycles. The van der Waals surface area contributed by atoms with Crippen LogP contribution in [-0.4, -0.2) is 10.7 Å². The Hall–Kier alpha value is -1.01. The molecule has 0 spiro atoms. The monoisotopic (exact) mass is 220 g/mol. The topological polar surface area (TPSA) is 36.7 Å². The number of unbranched alkanes of at least 4 members (excludes halogenated alkanes) is 2. The molecule has 15 heavy (non-hydrogen) atoms. The van der Waals surface area contributed by atoms with Gasteiger partial charge in [0, 0.05) is 11.9 Å². The molecule has 0 unspecified atom stereocenters. The van der Waals surface area contributed by atoms with Gasteiger partial charge in [0.1, 0.15) is 11.8 Å². The van der Waals surface area contributed by atoms with Crippen LogP contribution in [0, 0.1) is 11.3 Å². The number of thioether (sulfide) groups is 1. The van der Waals surface area contributed by atoms with E-state index in [4.69, 9.17) is 5.26 Å². The van der Waals surface area contributed by atoms with Crippen LogP contribution in [0.3, 0.4) is 0 Å². The van der Waals surface area contributed by atoms with Crippen molar-refractivity contribution in [2.75, 3.05) is 5.75 Å². The van der Waals surface area contributed by atoms with Crippen molar-refractivity contribution in [3.05, 3.63) is 29.6 Å². The van der Waals surface area contributed by atoms with Gasteiger partial charge in [0.2, 0.25) is 0 Å². The third-order valence-electron chi connectivity index (χ3n) is 2.10. The fourth-order valence-corrected chi connectivity index (χ4v) is 2.24. The molecule has 0 saturated carbocycles. The molecule has 0 amide bonds. The lowest BCUT2D eigenvalue weighted by Gasteiger charge is -2.01. The summed E-state index contributed by atoms with van der Waals surface area (Å²) in [6.45, 7) is 2.22. The Morgan fingerprint density at radius 2 is 2.33 bits per heavy atom. The van der Waals surface area contributed by atoms with E-state index in [0.717, 1.165) is 5.75 Å². The number of hydrogen-bond donors (Lipinski definition) is 0. The summed E-state index contributed by atoms with van der Waals surface area (Å²) in [6.07, 6.45) is 5.58. The predicted molar refractivity (Wildman–Crippen MR) is 64.6 cm³/mol. The standard InChI is InChI=1S/C12H16N2S/c1-2-3-4-7-15-10-11-5-6-14-12(8-11)9-13/h5-6,8H,2-4,7,10H2,1H3. The third kappa shape index (κ3) is 4.85. The normalized spacial score (nSPS) is 9.87. The minimum absolute atomic E-state index is 0.515. The summed E-state index contributed by atoms with van der Waals surface area (Å²) in [4.78, 5) is 3.95. The zero-order valence-corrected chi connectivity index (χ0v) is 9.89. The van der Waals surface area contributed by atoms with Crippen LogP contribution in [0.5, 0.6) is 0 Å². The Kier molecular flexibility index (Phi) is 5.87. The van der Waals surface area contributed by atoms with E-state index < -0.39 is 0 Å². The highest BCUT2D eigenvalue weighted by molar-refractivity contribution is 7.98. The van der Waals surface area contributed by atoms with E-state index in [-0.39, 0.29) is 0 Å². The second kappa shape index (κ2) is 7.30. The van der Waals surface area contributed by atoms with E-state index >= 15 is 0 Å². The molecular formula is C12H16N2S. The van der Waals surface area contributed by atoms with Gasteiger partial charge in [0.05, 0.1) is 0 Å². The number of nitrogens with zero attached hydrogens (tertiary/aromatic N) is 2. The van der Waals surface area contributed by atoms with Gasteiger partial charge in [0.25, 0.3) is 0 Å². The molecular weight excluding hydrogens is 204 g/mol. The van der Waals surface area contributed by atoms with Crippen LogP contribution in [0.25, 0.3) is 0 Å². The lowest BCUT2D eigenvalue weighted by Crippen LogP contribution is -1.87. The molecule has 1 aromatic heterocycles. The quantitative estimate of drug-likeness (QED) is 0.690. The van der Waals surface area contributed by atoms with Gasteiger partial charge in [-0.1, -0.05) is 19.8 Å². The molecule has 0 aromatic carbocycles. The van der Waals surface area contributed by atoms with E-state index in [2.05, 4.69) is 18.0 Å². The van der Waals surface area contributed by atoms with Crippen molar-refractivity contribution in [3.8, 4) is 6.07 Å². The summed E-state index contributed by atoms with van der Waals surface area (Å²) in [5, 5.41) is 8.68. The molecule has 0 bridgehead atoms. The summed E-state index contributed by atoms with van der Waals surface area (Å²) in [5.41, 5.74) is 1.71. The van der Waals surface area contributed by atoms with Crippen LogP contribution < -0.4 is 0 Å². The lowest BCUT2D eigenvalue weighted by molar-refractivity contribution is 0.778. The van der Waals surface area contributed by atoms with Gasteiger partial charge in [-0.25, -0.2) is 4.98 Å². The van der Waals surface area contributed by atoms with Crippen molar-refractivity contribution in [1.29, 1.82) is 5.26 Å². The van der Waals surface area contributed by atoms with Gasteiger partial charge in [0.15, 0.2) is 0 Å². The fourth-order valence-electron chi connectivity index (χ4n) is 1.27. The molecule has 0 fully saturated rings. The molecule has 0 radical (unpaired) electrons. The Morgan fingerprint density at radius 3 is 3.07 bits per heavy atom. The van der Waals surface area contributed by atoms with Crippen LogP contribution >= 0.6 is 11.8 Å². The Morgan fingerprint density at radius 1 is 1.47 bits per heavy atom. The van der Waals surface area contributed by atoms with Crippen LogP contribution in [-0.2, 0) is 5.75 Å². The van der Waals surface area contributed by atoms with E-state index in [1.807, 2.05) is 23.9 Å². The molecule has 0 aliphatic heterocycles. The molecule has 80 valence electrons. The van der Waals surface area contributed by atoms with Crippen molar-refractivity contribution in [3.63, 3.8) is 0 Å². The molecule has 1 aromatic rings. The highest BCUT2D eigenvalue weighted by Gasteiger charge is 1.96. The molecule has 0 aliphatic rings. The Balaban J connectivity index is 2.28. The summed E-state index contributed by atoms with van der Waals surface area (Å²) in [6, 6.07) is 5.91. The van der Waals surface area contributed by atoms with E-state index in [9.17, 15) is 0 Å². The van der Waals surface area contributed by atoms with Gasteiger partial charge in [-0.15, -0.1) is 0 Å². The molecule has 3 heteroatoms. The minimum atomic E-state index is 0.515. The molecule has 0 N–H and O–H groups in total. The largest absolute Gasteiger partial charge is 0.246 e. The molecule has 0 aliphatic carbocycles. The number of rotatable bonds is 6. The molecule has 0 saturated heterocycles. The van der Waals surface area contributed by atoms with Gasteiger partial charge >= 0.3 is 0 Å². The van der Waals surface area contributed by atoms with Crippen molar-refractivity contribution >= 4 is 11.8 Å². The number of aromatic nitrogens is 1. The maximum Gasteiger partial charge on any atom is 0.140 e. The average molecular weight is 220 g/mol. The zero-order chi connectivity index (χ0) is 10.9. The first-order chi connectivity index (χ1) is 7.36. The lowest BCUT2D eigenvalue weighted by atomic mass is 10.2. The smallest absolute Gasteiger partial charge is 0.140 e. The van der Waals surface area contributed by atoms with Gasteiger partial charge in [-0.05, 0) is 29.9 Å². The molecule has 2 nitrogen and oxygen atoms in total. The number of pyridine rings is 1. The van der Waals surface area contributed by atoms with E-state index in [1.54, 1.807) is 6.20 Å². The summed E-state index contributed by atoms with van der Waals surface area (Å²) in [5.74, 6) is 2.19. The van der Waals surface area contributed by atoms with E-state index in [1.165, 1.54) is 30.6 Å². The van der Waals surface area contributed by atoms with Crippen LogP contribution in [0.1, 0.15) is 37.4 Å². The SMILES string of the molecule is CCCCCSCc1ccnc(C#N)c1. The first kappa shape index (κ1) is 12.1. The first-order valence-corrected chi connectivity index (χ1v) is 6.45.